The third-order valence-corrected chi connectivity index (χ3v) is 3.33. The van der Waals surface area contributed by atoms with Gasteiger partial charge in [0.1, 0.15) is 0 Å². The molecule has 0 spiro atoms. The Labute approximate surface area is 83.4 Å². The summed E-state index contributed by atoms with van der Waals surface area (Å²) in [5.41, 5.74) is 0. The van der Waals surface area contributed by atoms with Crippen LogP contribution in [0.15, 0.2) is 12.1 Å². The molecule has 0 bridgehead atoms. The summed E-state index contributed by atoms with van der Waals surface area (Å²) in [4.78, 5) is 4.70. The highest BCUT2D eigenvalue weighted by Crippen LogP contribution is 2.25. The van der Waals surface area contributed by atoms with Gasteiger partial charge in [-0.15, -0.1) is 11.3 Å². The summed E-state index contributed by atoms with van der Waals surface area (Å²) in [6, 6.07) is 6.76. The maximum Gasteiger partial charge on any atom is 0.0868 e. The second kappa shape index (κ2) is 4.40. The van der Waals surface area contributed by atoms with E-state index < -0.39 is 0 Å². The quantitative estimate of drug-likeness (QED) is 0.691. The number of rotatable bonds is 3. The van der Waals surface area contributed by atoms with Crippen molar-refractivity contribution in [1.29, 1.82) is 5.26 Å². The van der Waals surface area contributed by atoms with Crippen LogP contribution in [0, 0.1) is 18.3 Å². The van der Waals surface area contributed by atoms with Gasteiger partial charge < -0.3 is 0 Å². The van der Waals surface area contributed by atoms with E-state index >= 15 is 0 Å². The zero-order chi connectivity index (χ0) is 9.84. The summed E-state index contributed by atoms with van der Waals surface area (Å²) >= 11 is 1.80. The molecule has 1 heterocycles. The van der Waals surface area contributed by atoms with Crippen molar-refractivity contribution in [1.82, 2.24) is 4.90 Å². The van der Waals surface area contributed by atoms with Crippen LogP contribution < -0.4 is 0 Å². The predicted octanol–water partition coefficient (Wildman–Crippen LogP) is 2.57. The highest BCUT2D eigenvalue weighted by molar-refractivity contribution is 7.12. The van der Waals surface area contributed by atoms with E-state index in [2.05, 4.69) is 32.0 Å². The molecule has 1 atom stereocenters. The van der Waals surface area contributed by atoms with Gasteiger partial charge >= 0.3 is 0 Å². The van der Waals surface area contributed by atoms with Crippen LogP contribution in [0.3, 0.4) is 0 Å². The molecule has 0 aliphatic heterocycles. The standard InChI is InChI=1S/C10H14N2S/c1-8-4-5-10(13-8)9(2)12(3)7-6-11/h4-5,9H,7H2,1-3H3. The summed E-state index contributed by atoms with van der Waals surface area (Å²) in [6.07, 6.45) is 0. The lowest BCUT2D eigenvalue weighted by Gasteiger charge is -2.20. The van der Waals surface area contributed by atoms with E-state index in [9.17, 15) is 0 Å². The van der Waals surface area contributed by atoms with Gasteiger partial charge in [0.15, 0.2) is 0 Å². The summed E-state index contributed by atoms with van der Waals surface area (Å²) in [5, 5.41) is 8.55. The normalized spacial score (nSPS) is 12.8. The van der Waals surface area contributed by atoms with Crippen molar-refractivity contribution in [3.05, 3.63) is 21.9 Å². The first kappa shape index (κ1) is 10.2. The Morgan fingerprint density at radius 2 is 2.31 bits per heavy atom. The molecule has 13 heavy (non-hydrogen) atoms. The van der Waals surface area contributed by atoms with Gasteiger partial charge in [0.2, 0.25) is 0 Å². The Bertz CT molecular complexity index is 311. The minimum atomic E-state index is 0.346. The Balaban J connectivity index is 2.68. The topological polar surface area (TPSA) is 27.0 Å². The van der Waals surface area contributed by atoms with E-state index in [0.29, 0.717) is 12.6 Å². The lowest BCUT2D eigenvalue weighted by molar-refractivity contribution is 0.297. The van der Waals surface area contributed by atoms with Crippen LogP contribution in [0.25, 0.3) is 0 Å². The summed E-state index contributed by atoms with van der Waals surface area (Å²) in [5.74, 6) is 0. The first-order chi connectivity index (χ1) is 6.15. The molecule has 1 aromatic rings. The van der Waals surface area contributed by atoms with Gasteiger partial charge in [-0.3, -0.25) is 4.90 Å². The first-order valence-corrected chi connectivity index (χ1v) is 5.10. The predicted molar refractivity (Wildman–Crippen MR) is 55.7 cm³/mol. The van der Waals surface area contributed by atoms with Crippen molar-refractivity contribution >= 4 is 11.3 Å². The third kappa shape index (κ3) is 2.55. The molecule has 1 aromatic heterocycles. The van der Waals surface area contributed by atoms with Gasteiger partial charge in [-0.1, -0.05) is 0 Å². The molecule has 0 fully saturated rings. The molecule has 0 aliphatic carbocycles. The molecular formula is C10H14N2S. The van der Waals surface area contributed by atoms with Crippen LogP contribution >= 0.6 is 11.3 Å². The van der Waals surface area contributed by atoms with Gasteiger partial charge in [0.05, 0.1) is 12.6 Å². The van der Waals surface area contributed by atoms with Crippen LogP contribution in [0.1, 0.15) is 22.7 Å². The zero-order valence-electron chi connectivity index (χ0n) is 8.24. The maximum absolute atomic E-state index is 8.55. The molecule has 0 amide bonds. The molecular weight excluding hydrogens is 180 g/mol. The fraction of sp³-hybridized carbons (Fsp3) is 0.500. The molecule has 0 aliphatic rings. The molecule has 0 saturated heterocycles. The number of thiophene rings is 1. The minimum Gasteiger partial charge on any atom is -0.286 e. The van der Waals surface area contributed by atoms with E-state index in [1.807, 2.05) is 11.9 Å². The van der Waals surface area contributed by atoms with Crippen LogP contribution in [0.4, 0.5) is 0 Å². The highest BCUT2D eigenvalue weighted by atomic mass is 32.1. The van der Waals surface area contributed by atoms with E-state index in [0.717, 1.165) is 0 Å². The zero-order valence-corrected chi connectivity index (χ0v) is 9.06. The van der Waals surface area contributed by atoms with E-state index in [-0.39, 0.29) is 0 Å². The van der Waals surface area contributed by atoms with Crippen LogP contribution in [-0.4, -0.2) is 18.5 Å². The van der Waals surface area contributed by atoms with Crippen molar-refractivity contribution in [2.24, 2.45) is 0 Å². The third-order valence-electron chi connectivity index (χ3n) is 2.15. The molecule has 1 rings (SSSR count). The average molecular weight is 194 g/mol. The molecule has 3 heteroatoms. The second-order valence-electron chi connectivity index (χ2n) is 3.20. The van der Waals surface area contributed by atoms with Gasteiger partial charge in [-0.2, -0.15) is 5.26 Å². The monoisotopic (exact) mass is 194 g/mol. The lowest BCUT2D eigenvalue weighted by Crippen LogP contribution is -2.21. The largest absolute Gasteiger partial charge is 0.286 e. The van der Waals surface area contributed by atoms with Gasteiger partial charge in [0, 0.05) is 15.8 Å². The average Bonchev–Trinajstić information content (AvgIpc) is 2.51. The van der Waals surface area contributed by atoms with Gasteiger partial charge in [-0.25, -0.2) is 0 Å². The van der Waals surface area contributed by atoms with Crippen LogP contribution in [0.5, 0.6) is 0 Å². The van der Waals surface area contributed by atoms with Crippen molar-refractivity contribution in [3.63, 3.8) is 0 Å². The smallest absolute Gasteiger partial charge is 0.0868 e. The van der Waals surface area contributed by atoms with Gasteiger partial charge in [-0.05, 0) is 33.0 Å². The fourth-order valence-electron chi connectivity index (χ4n) is 1.14. The van der Waals surface area contributed by atoms with Crippen LogP contribution in [0.2, 0.25) is 0 Å². The molecule has 0 saturated carbocycles. The van der Waals surface area contributed by atoms with E-state index in [1.165, 1.54) is 9.75 Å². The molecule has 2 nitrogen and oxygen atoms in total. The first-order valence-electron chi connectivity index (χ1n) is 4.28. The van der Waals surface area contributed by atoms with Crippen molar-refractivity contribution < 1.29 is 0 Å². The minimum absolute atomic E-state index is 0.346. The highest BCUT2D eigenvalue weighted by Gasteiger charge is 2.12. The fourth-order valence-corrected chi connectivity index (χ4v) is 2.14. The lowest BCUT2D eigenvalue weighted by atomic mass is 10.2. The van der Waals surface area contributed by atoms with E-state index in [4.69, 9.17) is 5.26 Å². The van der Waals surface area contributed by atoms with Gasteiger partial charge in [0.25, 0.3) is 0 Å². The molecule has 70 valence electrons. The SMILES string of the molecule is Cc1ccc(C(C)N(C)CC#N)s1. The summed E-state index contributed by atoms with van der Waals surface area (Å²) in [7, 11) is 1.98. The number of nitriles is 1. The van der Waals surface area contributed by atoms with Crippen molar-refractivity contribution in [2.75, 3.05) is 13.6 Å². The second-order valence-corrected chi connectivity index (χ2v) is 4.52. The van der Waals surface area contributed by atoms with Crippen molar-refractivity contribution in [2.45, 2.75) is 19.9 Å². The van der Waals surface area contributed by atoms with Crippen molar-refractivity contribution in [3.8, 4) is 6.07 Å². The number of aryl methyl sites for hydroxylation is 1. The Hall–Kier alpha value is -0.850. The Morgan fingerprint density at radius 1 is 1.62 bits per heavy atom. The molecule has 0 aromatic carbocycles. The van der Waals surface area contributed by atoms with E-state index in [1.54, 1.807) is 11.3 Å². The Kier molecular flexibility index (Phi) is 3.47. The summed E-state index contributed by atoms with van der Waals surface area (Å²) in [6.45, 7) is 4.71. The molecule has 0 radical (unpaired) electrons. The maximum atomic E-state index is 8.55. The number of hydrogen-bond acceptors (Lipinski definition) is 3. The molecule has 1 unspecified atom stereocenters. The Morgan fingerprint density at radius 3 is 2.77 bits per heavy atom. The number of hydrogen-bond donors (Lipinski definition) is 0. The summed E-state index contributed by atoms with van der Waals surface area (Å²) < 4.78 is 0. The number of nitrogens with zero attached hydrogens (tertiary/aromatic N) is 2. The van der Waals surface area contributed by atoms with Crippen LogP contribution in [-0.2, 0) is 0 Å². The molecule has 0 N–H and O–H groups in total.